The van der Waals surface area contributed by atoms with Crippen molar-refractivity contribution in [3.8, 4) is 0 Å². The quantitative estimate of drug-likeness (QED) is 0.733. The average Bonchev–Trinajstić information content (AvgIpc) is 2.62. The summed E-state index contributed by atoms with van der Waals surface area (Å²) in [6.45, 7) is 3.58. The van der Waals surface area contributed by atoms with Crippen molar-refractivity contribution in [1.82, 2.24) is 14.8 Å². The SMILES string of the molecule is CC1=C(C(=O)O)C(C)n2ncnc2N1C. The van der Waals surface area contributed by atoms with E-state index < -0.39 is 5.97 Å². The number of aromatic nitrogens is 3. The minimum atomic E-state index is -0.909. The van der Waals surface area contributed by atoms with Gasteiger partial charge in [0, 0.05) is 12.7 Å². The molecule has 1 unspecified atom stereocenters. The van der Waals surface area contributed by atoms with Gasteiger partial charge in [-0.1, -0.05) is 0 Å². The number of anilines is 1. The van der Waals surface area contributed by atoms with Crippen molar-refractivity contribution in [3.05, 3.63) is 17.6 Å². The van der Waals surface area contributed by atoms with Crippen molar-refractivity contribution in [1.29, 1.82) is 0 Å². The van der Waals surface area contributed by atoms with Gasteiger partial charge >= 0.3 is 5.97 Å². The largest absolute Gasteiger partial charge is 0.478 e. The Morgan fingerprint density at radius 2 is 2.27 bits per heavy atom. The highest BCUT2D eigenvalue weighted by Crippen LogP contribution is 2.31. The zero-order chi connectivity index (χ0) is 11.2. The van der Waals surface area contributed by atoms with Crippen LogP contribution >= 0.6 is 0 Å². The molecule has 1 aliphatic rings. The highest BCUT2D eigenvalue weighted by atomic mass is 16.4. The molecule has 6 heteroatoms. The van der Waals surface area contributed by atoms with Crippen molar-refractivity contribution in [2.45, 2.75) is 19.9 Å². The van der Waals surface area contributed by atoms with Gasteiger partial charge < -0.3 is 10.0 Å². The molecule has 1 N–H and O–H groups in total. The second kappa shape index (κ2) is 3.08. The molecule has 1 aromatic rings. The summed E-state index contributed by atoms with van der Waals surface area (Å²) < 4.78 is 1.61. The van der Waals surface area contributed by atoms with Gasteiger partial charge in [0.25, 0.3) is 0 Å². The van der Waals surface area contributed by atoms with Crippen LogP contribution in [0, 0.1) is 0 Å². The molecule has 0 aromatic carbocycles. The minimum absolute atomic E-state index is 0.281. The number of rotatable bonds is 1. The first kappa shape index (κ1) is 9.70. The molecule has 0 fully saturated rings. The lowest BCUT2D eigenvalue weighted by Gasteiger charge is -2.30. The number of carboxylic acid groups (broad SMARTS) is 1. The summed E-state index contributed by atoms with van der Waals surface area (Å²) in [5.41, 5.74) is 1.06. The van der Waals surface area contributed by atoms with E-state index in [1.807, 2.05) is 0 Å². The number of aliphatic carboxylic acids is 1. The highest BCUT2D eigenvalue weighted by molar-refractivity contribution is 5.89. The van der Waals surface area contributed by atoms with Crippen LogP contribution < -0.4 is 4.90 Å². The maximum Gasteiger partial charge on any atom is 0.335 e. The van der Waals surface area contributed by atoms with Crippen LogP contribution in [0.3, 0.4) is 0 Å². The van der Waals surface area contributed by atoms with Crippen LogP contribution in [0.2, 0.25) is 0 Å². The molecule has 1 atom stereocenters. The zero-order valence-corrected chi connectivity index (χ0v) is 8.80. The van der Waals surface area contributed by atoms with Gasteiger partial charge in [-0.25, -0.2) is 9.48 Å². The van der Waals surface area contributed by atoms with E-state index in [9.17, 15) is 4.79 Å². The number of fused-ring (bicyclic) bond motifs is 1. The van der Waals surface area contributed by atoms with Crippen LogP contribution in [0.1, 0.15) is 19.9 Å². The summed E-state index contributed by atoms with van der Waals surface area (Å²) in [4.78, 5) is 16.9. The van der Waals surface area contributed by atoms with Gasteiger partial charge in [-0.3, -0.25) is 0 Å². The van der Waals surface area contributed by atoms with E-state index in [2.05, 4.69) is 10.1 Å². The summed E-state index contributed by atoms with van der Waals surface area (Å²) in [6.07, 6.45) is 1.43. The number of nitrogens with zero attached hydrogens (tertiary/aromatic N) is 4. The molecule has 80 valence electrons. The number of allylic oxidation sites excluding steroid dienone is 1. The summed E-state index contributed by atoms with van der Waals surface area (Å²) in [5.74, 6) is -0.238. The second-order valence-corrected chi connectivity index (χ2v) is 3.54. The summed E-state index contributed by atoms with van der Waals surface area (Å²) >= 11 is 0. The Balaban J connectivity index is 2.59. The molecule has 1 aliphatic heterocycles. The molecule has 0 saturated carbocycles. The van der Waals surface area contributed by atoms with Gasteiger partial charge in [-0.15, -0.1) is 0 Å². The molecular formula is C9H12N4O2. The van der Waals surface area contributed by atoms with Crippen molar-refractivity contribution in [3.63, 3.8) is 0 Å². The van der Waals surface area contributed by atoms with Crippen LogP contribution in [-0.4, -0.2) is 32.9 Å². The normalized spacial score (nSPS) is 20.5. The first-order chi connectivity index (χ1) is 7.04. The Morgan fingerprint density at radius 3 is 2.87 bits per heavy atom. The lowest BCUT2D eigenvalue weighted by Crippen LogP contribution is -2.32. The molecule has 0 aliphatic carbocycles. The monoisotopic (exact) mass is 208 g/mol. The van der Waals surface area contributed by atoms with Crippen LogP contribution in [0.25, 0.3) is 0 Å². The van der Waals surface area contributed by atoms with E-state index >= 15 is 0 Å². The third-order valence-electron chi connectivity index (χ3n) is 2.76. The fraction of sp³-hybridized carbons (Fsp3) is 0.444. The predicted molar refractivity (Wildman–Crippen MR) is 53.5 cm³/mol. The van der Waals surface area contributed by atoms with Crippen LogP contribution in [-0.2, 0) is 4.79 Å². The van der Waals surface area contributed by atoms with E-state index in [1.54, 1.807) is 30.5 Å². The van der Waals surface area contributed by atoms with Crippen molar-refractivity contribution >= 4 is 11.9 Å². The number of hydrogen-bond donors (Lipinski definition) is 1. The maximum absolute atomic E-state index is 11.1. The second-order valence-electron chi connectivity index (χ2n) is 3.54. The van der Waals surface area contributed by atoms with Gasteiger partial charge in [0.1, 0.15) is 6.33 Å². The van der Waals surface area contributed by atoms with E-state index in [0.717, 1.165) is 0 Å². The molecular weight excluding hydrogens is 196 g/mol. The standard InChI is InChI=1S/C9H12N4O2/c1-5-7(8(14)15)6(2)13-9(12(5)3)10-4-11-13/h4,6H,1-3H3,(H,14,15). The van der Waals surface area contributed by atoms with Crippen LogP contribution in [0.5, 0.6) is 0 Å². The predicted octanol–water partition coefficient (Wildman–Crippen LogP) is 0.647. The van der Waals surface area contributed by atoms with E-state index in [4.69, 9.17) is 5.11 Å². The van der Waals surface area contributed by atoms with E-state index in [0.29, 0.717) is 17.2 Å². The molecule has 1 aromatic heterocycles. The number of hydrogen-bond acceptors (Lipinski definition) is 4. The third kappa shape index (κ3) is 1.21. The maximum atomic E-state index is 11.1. The number of carboxylic acids is 1. The van der Waals surface area contributed by atoms with Crippen molar-refractivity contribution < 1.29 is 9.90 Å². The third-order valence-corrected chi connectivity index (χ3v) is 2.76. The molecule has 0 spiro atoms. The molecule has 0 saturated heterocycles. The topological polar surface area (TPSA) is 71.2 Å². The Kier molecular flexibility index (Phi) is 1.99. The Bertz CT molecular complexity index is 449. The molecule has 2 heterocycles. The first-order valence-electron chi connectivity index (χ1n) is 4.61. The lowest BCUT2D eigenvalue weighted by atomic mass is 10.1. The molecule has 15 heavy (non-hydrogen) atoms. The smallest absolute Gasteiger partial charge is 0.335 e. The highest BCUT2D eigenvalue weighted by Gasteiger charge is 2.31. The molecule has 0 radical (unpaired) electrons. The molecule has 6 nitrogen and oxygen atoms in total. The summed E-state index contributed by atoms with van der Waals surface area (Å²) in [6, 6.07) is -0.281. The fourth-order valence-corrected chi connectivity index (χ4v) is 1.85. The molecule has 2 rings (SSSR count). The average molecular weight is 208 g/mol. The minimum Gasteiger partial charge on any atom is -0.478 e. The van der Waals surface area contributed by atoms with Gasteiger partial charge in [0.05, 0.1) is 11.6 Å². The Morgan fingerprint density at radius 1 is 1.60 bits per heavy atom. The summed E-state index contributed by atoms with van der Waals surface area (Å²) in [5, 5.41) is 13.1. The van der Waals surface area contributed by atoms with Gasteiger partial charge in [-0.05, 0) is 13.8 Å². The van der Waals surface area contributed by atoms with Crippen LogP contribution in [0.4, 0.5) is 5.95 Å². The van der Waals surface area contributed by atoms with E-state index in [-0.39, 0.29) is 6.04 Å². The molecule has 0 amide bonds. The van der Waals surface area contributed by atoms with Gasteiger partial charge in [-0.2, -0.15) is 10.1 Å². The van der Waals surface area contributed by atoms with Crippen molar-refractivity contribution in [2.75, 3.05) is 11.9 Å². The zero-order valence-electron chi connectivity index (χ0n) is 8.80. The van der Waals surface area contributed by atoms with Crippen molar-refractivity contribution in [2.24, 2.45) is 0 Å². The lowest BCUT2D eigenvalue weighted by molar-refractivity contribution is -0.133. The number of carbonyl (C=O) groups is 1. The molecule has 0 bridgehead atoms. The Labute approximate surface area is 86.8 Å². The van der Waals surface area contributed by atoms with Gasteiger partial charge in [0.2, 0.25) is 5.95 Å². The van der Waals surface area contributed by atoms with Crippen LogP contribution in [0.15, 0.2) is 17.6 Å². The summed E-state index contributed by atoms with van der Waals surface area (Å²) in [7, 11) is 1.78. The Hall–Kier alpha value is -1.85. The van der Waals surface area contributed by atoms with Gasteiger partial charge in [0.15, 0.2) is 0 Å². The fourth-order valence-electron chi connectivity index (χ4n) is 1.85. The first-order valence-corrected chi connectivity index (χ1v) is 4.61. The van der Waals surface area contributed by atoms with E-state index in [1.165, 1.54) is 6.33 Å².